The molecule has 158 valence electrons. The van der Waals surface area contributed by atoms with E-state index in [1.54, 1.807) is 23.5 Å². The number of primary sulfonamides is 1. The zero-order valence-electron chi connectivity index (χ0n) is 16.0. The number of nitrogens with two attached hydrogens (primary N) is 1. The summed E-state index contributed by atoms with van der Waals surface area (Å²) in [5.74, 6) is 1.06. The Kier molecular flexibility index (Phi) is 6.23. The average molecular weight is 464 g/mol. The summed E-state index contributed by atoms with van der Waals surface area (Å²) >= 11 is 3.03. The lowest BCUT2D eigenvalue weighted by molar-refractivity contribution is -0.118. The molecule has 1 aromatic carbocycles. The molecule has 11 heteroatoms. The van der Waals surface area contributed by atoms with Gasteiger partial charge < -0.3 is 5.32 Å². The highest BCUT2D eigenvalue weighted by atomic mass is 32.2. The van der Waals surface area contributed by atoms with Crippen LogP contribution in [0, 0.1) is 0 Å². The van der Waals surface area contributed by atoms with E-state index < -0.39 is 10.0 Å². The second kappa shape index (κ2) is 8.88. The minimum Gasteiger partial charge on any atom is -0.355 e. The van der Waals surface area contributed by atoms with Crippen molar-refractivity contribution >= 4 is 39.0 Å². The monoisotopic (exact) mass is 463 g/mol. The number of amides is 1. The van der Waals surface area contributed by atoms with E-state index in [-0.39, 0.29) is 16.6 Å². The average Bonchev–Trinajstić information content (AvgIpc) is 3.23. The quantitative estimate of drug-likeness (QED) is 0.470. The molecule has 1 amide bonds. The highest BCUT2D eigenvalue weighted by Gasteiger charge is 2.30. The van der Waals surface area contributed by atoms with E-state index in [2.05, 4.69) is 20.1 Å². The van der Waals surface area contributed by atoms with Crippen LogP contribution in [-0.2, 0) is 21.2 Å². The molecule has 4 rings (SSSR count). The van der Waals surface area contributed by atoms with E-state index >= 15 is 0 Å². The Bertz CT molecular complexity index is 1120. The standard InChI is InChI=1S/C19H21N5O3S3/c20-30(26,27)15-7-3-13(4-8-15)9-10-21-17(25)12-29-19-23-22-18(16-2-1-11-28-16)24(19)14-5-6-14/h1-4,7-8,11,14H,5-6,9-10,12H2,(H,21,25)(H2,20,26,27). The second-order valence-corrected chi connectivity index (χ2v) is 10.4. The minimum atomic E-state index is -3.69. The molecule has 30 heavy (non-hydrogen) atoms. The maximum atomic E-state index is 12.2. The molecule has 8 nitrogen and oxygen atoms in total. The number of sulfonamides is 1. The van der Waals surface area contributed by atoms with Gasteiger partial charge in [0.2, 0.25) is 15.9 Å². The lowest BCUT2D eigenvalue weighted by Crippen LogP contribution is -2.27. The number of carbonyl (C=O) groups is 1. The van der Waals surface area contributed by atoms with Crippen molar-refractivity contribution in [3.63, 3.8) is 0 Å². The highest BCUT2D eigenvalue weighted by Crippen LogP contribution is 2.41. The molecule has 0 radical (unpaired) electrons. The van der Waals surface area contributed by atoms with Gasteiger partial charge in [0, 0.05) is 12.6 Å². The zero-order chi connectivity index (χ0) is 21.1. The highest BCUT2D eigenvalue weighted by molar-refractivity contribution is 7.99. The summed E-state index contributed by atoms with van der Waals surface area (Å²) in [4.78, 5) is 13.4. The van der Waals surface area contributed by atoms with E-state index in [0.717, 1.165) is 34.3 Å². The molecule has 2 heterocycles. The summed E-state index contributed by atoms with van der Waals surface area (Å²) in [5, 5.41) is 19.4. The lowest BCUT2D eigenvalue weighted by atomic mass is 10.1. The van der Waals surface area contributed by atoms with E-state index in [1.807, 2.05) is 17.5 Å². The zero-order valence-corrected chi connectivity index (χ0v) is 18.5. The third kappa shape index (κ3) is 5.09. The Morgan fingerprint density at radius 3 is 2.63 bits per heavy atom. The molecule has 0 bridgehead atoms. The molecule has 3 aromatic rings. The van der Waals surface area contributed by atoms with Crippen LogP contribution < -0.4 is 10.5 Å². The molecular weight excluding hydrogens is 442 g/mol. The van der Waals surface area contributed by atoms with E-state index in [4.69, 9.17) is 5.14 Å². The third-order valence-corrected chi connectivity index (χ3v) is 7.38. The Balaban J connectivity index is 1.28. The van der Waals surface area contributed by atoms with Crippen molar-refractivity contribution in [1.29, 1.82) is 0 Å². The van der Waals surface area contributed by atoms with E-state index in [9.17, 15) is 13.2 Å². The maximum absolute atomic E-state index is 12.2. The normalized spacial score (nSPS) is 14.0. The lowest BCUT2D eigenvalue weighted by Gasteiger charge is -2.08. The Hall–Kier alpha value is -2.21. The predicted octanol–water partition coefficient (Wildman–Crippen LogP) is 2.44. The van der Waals surface area contributed by atoms with Crippen molar-refractivity contribution in [3.05, 3.63) is 47.3 Å². The van der Waals surface area contributed by atoms with Crippen LogP contribution >= 0.6 is 23.1 Å². The third-order valence-electron chi connectivity index (χ3n) is 4.64. The van der Waals surface area contributed by atoms with Gasteiger partial charge in [-0.3, -0.25) is 9.36 Å². The molecule has 1 aliphatic carbocycles. The molecule has 1 aliphatic rings. The number of hydrogen-bond acceptors (Lipinski definition) is 7. The first kappa shape index (κ1) is 21.0. The van der Waals surface area contributed by atoms with Gasteiger partial charge in [0.05, 0.1) is 15.5 Å². The molecule has 0 aliphatic heterocycles. The van der Waals surface area contributed by atoms with Crippen molar-refractivity contribution in [2.45, 2.75) is 35.4 Å². The molecule has 0 saturated heterocycles. The number of hydrogen-bond donors (Lipinski definition) is 2. The van der Waals surface area contributed by atoms with Gasteiger partial charge >= 0.3 is 0 Å². The molecule has 0 spiro atoms. The number of thiophene rings is 1. The first-order valence-corrected chi connectivity index (χ1v) is 12.8. The molecule has 3 N–H and O–H groups in total. The smallest absolute Gasteiger partial charge is 0.238 e. The van der Waals surface area contributed by atoms with Crippen molar-refractivity contribution in [2.75, 3.05) is 12.3 Å². The number of nitrogens with one attached hydrogen (secondary N) is 1. The van der Waals surface area contributed by atoms with Crippen LogP contribution in [0.2, 0.25) is 0 Å². The SMILES string of the molecule is NS(=O)(=O)c1ccc(CCNC(=O)CSc2nnc(-c3cccs3)n2C2CC2)cc1. The van der Waals surface area contributed by atoms with Crippen LogP contribution in [0.1, 0.15) is 24.4 Å². The number of rotatable bonds is 9. The van der Waals surface area contributed by atoms with Crippen LogP contribution in [0.5, 0.6) is 0 Å². The van der Waals surface area contributed by atoms with Crippen LogP contribution in [0.15, 0.2) is 51.8 Å². The van der Waals surface area contributed by atoms with Gasteiger partial charge in [-0.2, -0.15) is 0 Å². The summed E-state index contributed by atoms with van der Waals surface area (Å²) in [5.41, 5.74) is 0.921. The number of benzene rings is 1. The van der Waals surface area contributed by atoms with Gasteiger partial charge in [0.25, 0.3) is 0 Å². The fourth-order valence-electron chi connectivity index (χ4n) is 2.98. The molecule has 2 aromatic heterocycles. The van der Waals surface area contributed by atoms with Gasteiger partial charge in [-0.1, -0.05) is 30.0 Å². The number of thioether (sulfide) groups is 1. The summed E-state index contributed by atoms with van der Waals surface area (Å²) in [7, 11) is -3.69. The van der Waals surface area contributed by atoms with Gasteiger partial charge in [0.15, 0.2) is 11.0 Å². The molecule has 0 unspecified atom stereocenters. The van der Waals surface area contributed by atoms with Crippen molar-refractivity contribution in [2.24, 2.45) is 5.14 Å². The summed E-state index contributed by atoms with van der Waals surface area (Å²) in [6.07, 6.45) is 2.82. The summed E-state index contributed by atoms with van der Waals surface area (Å²) in [6, 6.07) is 10.8. The molecular formula is C19H21N5O3S3. The van der Waals surface area contributed by atoms with Crippen LogP contribution in [0.4, 0.5) is 0 Å². The largest absolute Gasteiger partial charge is 0.355 e. The summed E-state index contributed by atoms with van der Waals surface area (Å²) < 4.78 is 24.7. The first-order valence-electron chi connectivity index (χ1n) is 9.42. The Morgan fingerprint density at radius 2 is 2.00 bits per heavy atom. The number of carbonyl (C=O) groups excluding carboxylic acids is 1. The first-order chi connectivity index (χ1) is 14.4. The Labute approximate surface area is 182 Å². The number of nitrogens with zero attached hydrogens (tertiary/aromatic N) is 3. The van der Waals surface area contributed by atoms with Gasteiger partial charge in [-0.15, -0.1) is 21.5 Å². The van der Waals surface area contributed by atoms with Crippen LogP contribution in [0.25, 0.3) is 10.7 Å². The minimum absolute atomic E-state index is 0.0772. The maximum Gasteiger partial charge on any atom is 0.238 e. The fraction of sp³-hybridized carbons (Fsp3) is 0.316. The molecule has 1 saturated carbocycles. The van der Waals surface area contributed by atoms with Gasteiger partial charge in [0.1, 0.15) is 0 Å². The Morgan fingerprint density at radius 1 is 1.23 bits per heavy atom. The van der Waals surface area contributed by atoms with Gasteiger partial charge in [-0.25, -0.2) is 13.6 Å². The van der Waals surface area contributed by atoms with Crippen molar-refractivity contribution in [1.82, 2.24) is 20.1 Å². The van der Waals surface area contributed by atoms with Gasteiger partial charge in [-0.05, 0) is 48.4 Å². The number of aromatic nitrogens is 3. The fourth-order valence-corrected chi connectivity index (χ4v) is 5.04. The summed E-state index contributed by atoms with van der Waals surface area (Å²) in [6.45, 7) is 0.462. The second-order valence-electron chi connectivity index (χ2n) is 6.96. The van der Waals surface area contributed by atoms with E-state index in [0.29, 0.717) is 19.0 Å². The van der Waals surface area contributed by atoms with Crippen molar-refractivity contribution in [3.8, 4) is 10.7 Å². The molecule has 1 fully saturated rings. The van der Waals surface area contributed by atoms with Crippen molar-refractivity contribution < 1.29 is 13.2 Å². The predicted molar refractivity (Wildman–Crippen MR) is 117 cm³/mol. The van der Waals surface area contributed by atoms with Crippen LogP contribution in [-0.4, -0.2) is 41.4 Å². The van der Waals surface area contributed by atoms with Crippen LogP contribution in [0.3, 0.4) is 0 Å². The van der Waals surface area contributed by atoms with E-state index in [1.165, 1.54) is 23.9 Å². The molecule has 0 atom stereocenters. The topological polar surface area (TPSA) is 120 Å².